The molecular weight excluding hydrogens is 595 g/mol. The summed E-state index contributed by atoms with van der Waals surface area (Å²) in [6, 6.07) is 12.9. The molecule has 0 bridgehead atoms. The van der Waals surface area contributed by atoms with Crippen LogP contribution in [0.15, 0.2) is 89.7 Å². The Labute approximate surface area is 260 Å². The molecule has 42 heavy (non-hydrogen) atoms. The van der Waals surface area contributed by atoms with Crippen LogP contribution in [0.2, 0.25) is 10.0 Å². The molecule has 0 saturated heterocycles. The molecule has 0 fully saturated rings. The Morgan fingerprint density at radius 1 is 1.12 bits per heavy atom. The summed E-state index contributed by atoms with van der Waals surface area (Å²) in [5.41, 5.74) is 3.69. The third-order valence-electron chi connectivity index (χ3n) is 6.52. The molecule has 0 spiro atoms. The molecule has 10 heteroatoms. The molecule has 1 aliphatic rings. The number of nitrogens with one attached hydrogen (secondary N) is 1. The average molecular weight is 626 g/mol. The third kappa shape index (κ3) is 7.37. The fraction of sp³-hybridized carbons (Fsp3) is 0.219. The van der Waals surface area contributed by atoms with E-state index in [2.05, 4.69) is 22.7 Å². The van der Waals surface area contributed by atoms with Crippen LogP contribution in [0.1, 0.15) is 43.6 Å². The zero-order valence-corrected chi connectivity index (χ0v) is 25.6. The summed E-state index contributed by atoms with van der Waals surface area (Å²) in [6.45, 7) is 6.01. The first-order chi connectivity index (χ1) is 20.2. The molecule has 1 amide bonds. The lowest BCUT2D eigenvalue weighted by atomic mass is 9.87. The molecule has 0 aliphatic heterocycles. The van der Waals surface area contributed by atoms with E-state index in [0.29, 0.717) is 32.8 Å². The van der Waals surface area contributed by atoms with E-state index in [1.165, 1.54) is 18.4 Å². The number of allylic oxidation sites excluding steroid dienone is 4. The molecule has 1 aliphatic carbocycles. The van der Waals surface area contributed by atoms with Gasteiger partial charge >= 0.3 is 0 Å². The zero-order valence-electron chi connectivity index (χ0n) is 23.2. The fourth-order valence-corrected chi connectivity index (χ4v) is 5.12. The summed E-state index contributed by atoms with van der Waals surface area (Å²) < 4.78 is 19.7. The first-order valence-electron chi connectivity index (χ1n) is 13.2. The normalized spacial score (nSPS) is 16.7. The molecule has 0 saturated carbocycles. The second kappa shape index (κ2) is 14.4. The minimum absolute atomic E-state index is 0.0696. The lowest BCUT2D eigenvalue weighted by molar-refractivity contribution is -0.119. The van der Waals surface area contributed by atoms with Crippen molar-refractivity contribution in [3.8, 4) is 17.0 Å². The number of ether oxygens (including phenoxy) is 2. The summed E-state index contributed by atoms with van der Waals surface area (Å²) >= 11 is 16.6. The number of benzene rings is 2. The molecule has 2 unspecified atom stereocenters. The highest BCUT2D eigenvalue weighted by molar-refractivity contribution is 7.78. The van der Waals surface area contributed by atoms with Crippen molar-refractivity contribution < 1.29 is 23.6 Å². The van der Waals surface area contributed by atoms with E-state index in [0.717, 1.165) is 16.7 Å². The van der Waals surface area contributed by atoms with E-state index in [4.69, 9.17) is 37.2 Å². The highest BCUT2D eigenvalue weighted by atomic mass is 35.5. The number of aromatic nitrogens is 1. The highest BCUT2D eigenvalue weighted by Gasteiger charge is 2.27. The highest BCUT2D eigenvalue weighted by Crippen LogP contribution is 2.39. The van der Waals surface area contributed by atoms with E-state index in [1.807, 2.05) is 50.3 Å². The van der Waals surface area contributed by atoms with Crippen molar-refractivity contribution >= 4 is 53.3 Å². The van der Waals surface area contributed by atoms with Crippen LogP contribution in [0.5, 0.6) is 5.75 Å². The average Bonchev–Trinajstić information content (AvgIpc) is 3.40. The van der Waals surface area contributed by atoms with Crippen molar-refractivity contribution in [3.63, 3.8) is 0 Å². The Kier molecular flexibility index (Phi) is 10.7. The van der Waals surface area contributed by atoms with Gasteiger partial charge < -0.3 is 14.0 Å². The standard InChI is InChI=1S/C32H30Cl2N2O5S/c1-4-6-27(37)23-17-21(11-14-28(23)39-16-15-29(38)36-42)20-9-12-22(13-10-20)40-18-24-31(35-41-32(24)19(2)3)30-25(33)7-5-8-26(30)34/h4-17,19,23,28,42H,18H2,1-3H3,(H,36,38)/b6-4-,16-15+. The molecule has 218 valence electrons. The predicted octanol–water partition coefficient (Wildman–Crippen LogP) is 7.93. The second-order valence-corrected chi connectivity index (χ2v) is 10.8. The van der Waals surface area contributed by atoms with Gasteiger partial charge in [0, 0.05) is 17.6 Å². The number of carbonyl (C=O) groups excluding carboxylic acids is 2. The number of hydrogen-bond acceptors (Lipinski definition) is 7. The Bertz CT molecular complexity index is 1540. The number of thiol groups is 1. The summed E-state index contributed by atoms with van der Waals surface area (Å²) in [5.74, 6) is 0.298. The summed E-state index contributed by atoms with van der Waals surface area (Å²) in [4.78, 5) is 24.2. The SMILES string of the molecule is C/C=C\C(=O)C1C=C(c2ccc(OCc3c(-c4c(Cl)cccc4Cl)noc3C(C)C)cc2)C=CC1O/C=C/C(=O)NS. The Morgan fingerprint density at radius 2 is 1.83 bits per heavy atom. The Hall–Kier alpha value is -3.72. The van der Waals surface area contributed by atoms with Crippen LogP contribution >= 0.6 is 36.0 Å². The molecule has 1 heterocycles. The van der Waals surface area contributed by atoms with Gasteiger partial charge in [0.25, 0.3) is 5.91 Å². The molecule has 1 N–H and O–H groups in total. The molecule has 7 nitrogen and oxygen atoms in total. The van der Waals surface area contributed by atoms with Crippen LogP contribution in [-0.2, 0) is 20.9 Å². The lowest BCUT2D eigenvalue weighted by Crippen LogP contribution is -2.27. The Balaban J connectivity index is 1.53. The van der Waals surface area contributed by atoms with Crippen molar-refractivity contribution in [1.29, 1.82) is 0 Å². The third-order valence-corrected chi connectivity index (χ3v) is 7.37. The first-order valence-corrected chi connectivity index (χ1v) is 14.4. The summed E-state index contributed by atoms with van der Waals surface area (Å²) in [5, 5.41) is 5.23. The van der Waals surface area contributed by atoms with Crippen LogP contribution in [0, 0.1) is 5.92 Å². The maximum absolute atomic E-state index is 12.8. The minimum Gasteiger partial charge on any atom is -0.493 e. The summed E-state index contributed by atoms with van der Waals surface area (Å²) in [7, 11) is 0. The van der Waals surface area contributed by atoms with Crippen molar-refractivity contribution in [2.24, 2.45) is 5.92 Å². The number of ketones is 1. The van der Waals surface area contributed by atoms with E-state index in [9.17, 15) is 9.59 Å². The van der Waals surface area contributed by atoms with E-state index in [1.54, 1.807) is 37.3 Å². The van der Waals surface area contributed by atoms with Gasteiger partial charge in [0.2, 0.25) is 0 Å². The number of rotatable bonds is 11. The molecule has 4 rings (SSSR count). The van der Waals surface area contributed by atoms with Gasteiger partial charge in [0.1, 0.15) is 29.9 Å². The molecule has 3 aromatic rings. The number of halogens is 2. The number of nitrogens with zero attached hydrogens (tertiary/aromatic N) is 1. The fourth-order valence-electron chi connectivity index (χ4n) is 4.47. The minimum atomic E-state index is -0.570. The van der Waals surface area contributed by atoms with Crippen LogP contribution in [0.3, 0.4) is 0 Å². The van der Waals surface area contributed by atoms with Crippen LogP contribution in [0.4, 0.5) is 0 Å². The summed E-state index contributed by atoms with van der Waals surface area (Å²) in [6.07, 6.45) is 10.6. The maximum atomic E-state index is 12.8. The molecule has 1 aromatic heterocycles. The van der Waals surface area contributed by atoms with Crippen molar-refractivity contribution in [2.75, 3.05) is 0 Å². The lowest BCUT2D eigenvalue weighted by Gasteiger charge is -2.24. The number of carbonyl (C=O) groups is 2. The van der Waals surface area contributed by atoms with Crippen molar-refractivity contribution in [1.82, 2.24) is 9.88 Å². The van der Waals surface area contributed by atoms with Gasteiger partial charge in [-0.15, -0.1) is 0 Å². The Morgan fingerprint density at radius 3 is 2.48 bits per heavy atom. The molecule has 2 aromatic carbocycles. The van der Waals surface area contributed by atoms with Gasteiger partial charge in [-0.2, -0.15) is 0 Å². The van der Waals surface area contributed by atoms with E-state index >= 15 is 0 Å². The van der Waals surface area contributed by atoms with Gasteiger partial charge in [-0.1, -0.05) is 91.4 Å². The topological polar surface area (TPSA) is 90.7 Å². The smallest absolute Gasteiger partial charge is 0.256 e. The van der Waals surface area contributed by atoms with Gasteiger partial charge in [0.15, 0.2) is 5.78 Å². The second-order valence-electron chi connectivity index (χ2n) is 9.73. The van der Waals surface area contributed by atoms with Crippen LogP contribution in [0.25, 0.3) is 16.8 Å². The quantitative estimate of drug-likeness (QED) is 0.128. The maximum Gasteiger partial charge on any atom is 0.256 e. The monoisotopic (exact) mass is 624 g/mol. The van der Waals surface area contributed by atoms with Gasteiger partial charge in [-0.05, 0) is 54.5 Å². The van der Waals surface area contributed by atoms with Crippen molar-refractivity contribution in [2.45, 2.75) is 39.4 Å². The van der Waals surface area contributed by atoms with Crippen LogP contribution in [-0.4, -0.2) is 23.0 Å². The number of hydrogen-bond donors (Lipinski definition) is 2. The molecule has 0 radical (unpaired) electrons. The molecular formula is C32H30Cl2N2O5S. The predicted molar refractivity (Wildman–Crippen MR) is 168 cm³/mol. The van der Waals surface area contributed by atoms with E-state index in [-0.39, 0.29) is 18.3 Å². The van der Waals surface area contributed by atoms with Gasteiger partial charge in [-0.25, -0.2) is 0 Å². The molecule has 2 atom stereocenters. The largest absolute Gasteiger partial charge is 0.493 e. The van der Waals surface area contributed by atoms with Gasteiger partial charge in [-0.3, -0.25) is 14.3 Å². The van der Waals surface area contributed by atoms with Crippen molar-refractivity contribution in [3.05, 3.63) is 112 Å². The van der Waals surface area contributed by atoms with E-state index < -0.39 is 17.9 Å². The van der Waals surface area contributed by atoms with Crippen LogP contribution < -0.4 is 9.46 Å². The number of amides is 1. The van der Waals surface area contributed by atoms with Gasteiger partial charge in [0.05, 0.1) is 27.8 Å². The first kappa shape index (κ1) is 31.2. The zero-order chi connectivity index (χ0) is 30.2.